The van der Waals surface area contributed by atoms with Crippen LogP contribution < -0.4 is 4.90 Å². The van der Waals surface area contributed by atoms with Gasteiger partial charge in [-0.25, -0.2) is 4.98 Å². The van der Waals surface area contributed by atoms with Gasteiger partial charge < -0.3 is 9.64 Å². The second-order valence-corrected chi connectivity index (χ2v) is 22.3. The standard InChI is InChI=1S/C70H68N6O6/c1-4-7-9-11-13-19-36-75-67(78)50-33-31-49-64-59(74-38-21-23-47(74)43-82-60(77)22-6-3)42-54-63-51(68(79)76(70(54)81)37-20-14-12-10-8-5-2)32-30-48(66(63)64)61-52(41-53(69(75)80)62(50)65(49)61)45-28-26-44(27-29-45)46-39-57(55-24-15-17-34-71-55)73-58(40-46)56-25-16-18-35-72-56/h6,15-18,24-35,39-42,47H,3-5,7-14,19-23,36-38,43H2,1-2H3. The second-order valence-electron chi connectivity index (χ2n) is 22.3. The molecular weight excluding hydrogens is 1020 g/mol. The van der Waals surface area contributed by atoms with Gasteiger partial charge in [-0.05, 0) is 130 Å². The lowest BCUT2D eigenvalue weighted by atomic mass is 9.79. The number of nitrogens with zero attached hydrogens (tertiary/aromatic N) is 6. The van der Waals surface area contributed by atoms with Crippen molar-refractivity contribution >= 4 is 78.4 Å². The molecule has 6 aromatic carbocycles. The van der Waals surface area contributed by atoms with E-state index in [0.29, 0.717) is 76.9 Å². The number of rotatable bonds is 23. The summed E-state index contributed by atoms with van der Waals surface area (Å²) in [5.41, 5.74) is 8.96. The molecule has 12 heteroatoms. The van der Waals surface area contributed by atoms with Gasteiger partial charge in [-0.15, -0.1) is 6.58 Å². The number of carbonyl (C=O) groups is 5. The number of carbonyl (C=O) groups excluding carboxylic acids is 5. The Morgan fingerprint density at radius 1 is 0.537 bits per heavy atom. The summed E-state index contributed by atoms with van der Waals surface area (Å²) >= 11 is 0. The lowest BCUT2D eigenvalue weighted by Crippen LogP contribution is -2.41. The highest BCUT2D eigenvalue weighted by atomic mass is 16.5. The van der Waals surface area contributed by atoms with Crippen LogP contribution in [-0.4, -0.2) is 86.6 Å². The summed E-state index contributed by atoms with van der Waals surface area (Å²) in [4.78, 5) is 92.7. The molecule has 0 spiro atoms. The van der Waals surface area contributed by atoms with Crippen LogP contribution in [0.5, 0.6) is 0 Å². The number of pyridine rings is 3. The van der Waals surface area contributed by atoms with E-state index in [1.165, 1.54) is 15.9 Å². The maximum Gasteiger partial charge on any atom is 0.309 e. The predicted molar refractivity (Wildman–Crippen MR) is 326 cm³/mol. The largest absolute Gasteiger partial charge is 0.463 e. The summed E-state index contributed by atoms with van der Waals surface area (Å²) in [5, 5.41) is 5.98. The van der Waals surface area contributed by atoms with E-state index < -0.39 is 0 Å². The molecule has 82 heavy (non-hydrogen) atoms. The van der Waals surface area contributed by atoms with Gasteiger partial charge in [0.1, 0.15) is 6.61 Å². The van der Waals surface area contributed by atoms with E-state index in [1.54, 1.807) is 12.4 Å². The Bertz CT molecular complexity index is 3900. The summed E-state index contributed by atoms with van der Waals surface area (Å²) < 4.78 is 5.88. The van der Waals surface area contributed by atoms with E-state index >= 15 is 9.59 Å². The predicted octanol–water partition coefficient (Wildman–Crippen LogP) is 15.6. The van der Waals surface area contributed by atoms with Crippen molar-refractivity contribution < 1.29 is 28.7 Å². The highest BCUT2D eigenvalue weighted by molar-refractivity contribution is 6.44. The molecule has 3 aromatic heterocycles. The summed E-state index contributed by atoms with van der Waals surface area (Å²) in [5.74, 6) is -1.64. The van der Waals surface area contributed by atoms with Crippen molar-refractivity contribution in [3.63, 3.8) is 0 Å². The van der Waals surface area contributed by atoms with Gasteiger partial charge in [0, 0.05) is 76.0 Å². The first-order valence-electron chi connectivity index (χ1n) is 29.7. The average Bonchev–Trinajstić information content (AvgIpc) is 1.07. The fraction of sp³-hybridized carbons (Fsp3) is 0.314. The number of unbranched alkanes of at least 4 members (excludes halogenated alkanes) is 10. The third-order valence-electron chi connectivity index (χ3n) is 17.1. The van der Waals surface area contributed by atoms with Gasteiger partial charge in [0.05, 0.1) is 40.8 Å². The van der Waals surface area contributed by atoms with Crippen molar-refractivity contribution in [1.82, 2.24) is 24.8 Å². The molecule has 0 N–H and O–H groups in total. The third kappa shape index (κ3) is 9.85. The molecule has 1 atom stereocenters. The van der Waals surface area contributed by atoms with Crippen LogP contribution in [-0.2, 0) is 9.53 Å². The maximum absolute atomic E-state index is 15.3. The van der Waals surface area contributed by atoms with Crippen molar-refractivity contribution in [2.75, 3.05) is 31.1 Å². The molecule has 6 heterocycles. The molecule has 1 saturated heterocycles. The zero-order valence-electron chi connectivity index (χ0n) is 47.0. The molecule has 1 unspecified atom stereocenters. The topological polar surface area (TPSA) is 143 Å². The van der Waals surface area contributed by atoms with Gasteiger partial charge >= 0.3 is 5.97 Å². The summed E-state index contributed by atoms with van der Waals surface area (Å²) in [6, 6.07) is 35.5. The summed E-state index contributed by atoms with van der Waals surface area (Å²) in [7, 11) is 0. The fourth-order valence-electron chi connectivity index (χ4n) is 13.0. The molecule has 0 saturated carbocycles. The third-order valence-corrected chi connectivity index (χ3v) is 17.1. The summed E-state index contributed by atoms with van der Waals surface area (Å²) in [6.07, 6.45) is 18.8. The minimum absolute atomic E-state index is 0.0904. The monoisotopic (exact) mass is 1090 g/mol. The number of aromatic nitrogens is 3. The minimum Gasteiger partial charge on any atom is -0.463 e. The van der Waals surface area contributed by atoms with Crippen molar-refractivity contribution in [1.29, 1.82) is 0 Å². The smallest absolute Gasteiger partial charge is 0.309 e. The van der Waals surface area contributed by atoms with E-state index in [0.717, 1.165) is 149 Å². The Kier molecular flexibility index (Phi) is 15.4. The number of amides is 4. The number of benzene rings is 6. The van der Waals surface area contributed by atoms with Gasteiger partial charge in [-0.3, -0.25) is 43.7 Å². The minimum atomic E-state index is -0.361. The Labute approximate surface area is 478 Å². The quantitative estimate of drug-likeness (QED) is 0.0152. The molecule has 3 aliphatic rings. The molecule has 1 fully saturated rings. The Hall–Kier alpha value is -8.64. The zero-order chi connectivity index (χ0) is 56.4. The lowest BCUT2D eigenvalue weighted by molar-refractivity contribution is -0.143. The molecule has 12 nitrogen and oxygen atoms in total. The number of imide groups is 2. The van der Waals surface area contributed by atoms with Gasteiger partial charge in [0.15, 0.2) is 0 Å². The molecular formula is C70H68N6O6. The fourth-order valence-corrected chi connectivity index (χ4v) is 13.0. The van der Waals surface area contributed by atoms with Crippen LogP contribution in [0.2, 0.25) is 0 Å². The Balaban J connectivity index is 1.08. The van der Waals surface area contributed by atoms with Crippen LogP contribution in [0, 0.1) is 0 Å². The first-order chi connectivity index (χ1) is 40.2. The normalized spacial score (nSPS) is 15.1. The molecule has 414 valence electrons. The van der Waals surface area contributed by atoms with E-state index in [2.05, 4.69) is 59.6 Å². The van der Waals surface area contributed by atoms with E-state index in [4.69, 9.17) is 9.72 Å². The van der Waals surface area contributed by atoms with E-state index in [1.807, 2.05) is 84.9 Å². The molecule has 0 bridgehead atoms. The van der Waals surface area contributed by atoms with E-state index in [9.17, 15) is 14.4 Å². The first kappa shape index (κ1) is 54.0. The van der Waals surface area contributed by atoms with Crippen molar-refractivity contribution in [3.8, 4) is 45.0 Å². The molecule has 4 amide bonds. The van der Waals surface area contributed by atoms with Crippen LogP contribution in [0.3, 0.4) is 0 Å². The van der Waals surface area contributed by atoms with Crippen LogP contribution in [0.25, 0.3) is 88.1 Å². The number of fused-ring (bicyclic) bond motifs is 2. The Morgan fingerprint density at radius 2 is 1.06 bits per heavy atom. The van der Waals surface area contributed by atoms with Crippen LogP contribution >= 0.6 is 0 Å². The first-order valence-corrected chi connectivity index (χ1v) is 29.7. The van der Waals surface area contributed by atoms with Crippen molar-refractivity contribution in [2.24, 2.45) is 0 Å². The number of anilines is 1. The summed E-state index contributed by atoms with van der Waals surface area (Å²) in [6.45, 7) is 9.52. The number of ether oxygens (including phenoxy) is 1. The molecule has 12 rings (SSSR count). The van der Waals surface area contributed by atoms with E-state index in [-0.39, 0.29) is 48.7 Å². The highest BCUT2D eigenvalue weighted by Crippen LogP contribution is 2.53. The number of hydrogen-bond donors (Lipinski definition) is 0. The van der Waals surface area contributed by atoms with Gasteiger partial charge in [0.2, 0.25) is 0 Å². The van der Waals surface area contributed by atoms with Crippen molar-refractivity contribution in [3.05, 3.63) is 156 Å². The Morgan fingerprint density at radius 3 is 1.62 bits per heavy atom. The lowest BCUT2D eigenvalue weighted by Gasteiger charge is -2.34. The molecule has 3 aliphatic heterocycles. The second kappa shape index (κ2) is 23.4. The zero-order valence-corrected chi connectivity index (χ0v) is 47.0. The number of esters is 1. The van der Waals surface area contributed by atoms with Crippen LogP contribution in [0.1, 0.15) is 152 Å². The van der Waals surface area contributed by atoms with Gasteiger partial charge in [-0.1, -0.05) is 133 Å². The maximum atomic E-state index is 15.3. The average molecular weight is 1090 g/mol. The molecule has 0 aliphatic carbocycles. The molecule has 9 aromatic rings. The van der Waals surface area contributed by atoms with Crippen molar-refractivity contribution in [2.45, 2.75) is 116 Å². The van der Waals surface area contributed by atoms with Crippen LogP contribution in [0.15, 0.2) is 134 Å². The highest BCUT2D eigenvalue weighted by Gasteiger charge is 2.40. The number of hydrogen-bond acceptors (Lipinski definition) is 10. The van der Waals surface area contributed by atoms with Gasteiger partial charge in [0.25, 0.3) is 23.6 Å². The van der Waals surface area contributed by atoms with Crippen LogP contribution in [0.4, 0.5) is 5.69 Å². The SMILES string of the molecule is C=CCC(=O)OCC1CCCN1c1cc2c3c(ccc4c5c(-c6ccc(-c7cc(-c8ccccn8)nc(-c8ccccn8)c7)cc6)cc6c7c(ccc(c1c34)c75)C(=O)N(CCCCCCCC)C6=O)C(=O)N(CCCCCCCC)C2=O. The van der Waals surface area contributed by atoms with Gasteiger partial charge in [-0.2, -0.15) is 0 Å². The molecule has 0 radical (unpaired) electrons.